The van der Waals surface area contributed by atoms with Gasteiger partial charge in [-0.15, -0.1) is 0 Å². The van der Waals surface area contributed by atoms with Crippen LogP contribution in [0.25, 0.3) is 0 Å². The first kappa shape index (κ1) is 15.7. The monoisotopic (exact) mass is 349 g/mol. The molecule has 2 aromatic rings. The minimum absolute atomic E-state index is 0.00240. The standard InChI is InChI=1S/C17H17BrFNO/c1-12(14-6-4-3-5-7-14)20(2)17(21)11-13-8-9-16(19)15(18)10-13/h3-10,12H,11H2,1-2H3. The summed E-state index contributed by atoms with van der Waals surface area (Å²) in [5, 5.41) is 0. The zero-order valence-corrected chi connectivity index (χ0v) is 13.6. The van der Waals surface area contributed by atoms with Gasteiger partial charge in [-0.05, 0) is 46.1 Å². The van der Waals surface area contributed by atoms with Crippen molar-refractivity contribution < 1.29 is 9.18 Å². The van der Waals surface area contributed by atoms with Crippen LogP contribution in [0.15, 0.2) is 53.0 Å². The molecule has 110 valence electrons. The van der Waals surface area contributed by atoms with E-state index in [-0.39, 0.29) is 24.2 Å². The minimum atomic E-state index is -0.322. The van der Waals surface area contributed by atoms with E-state index in [1.807, 2.05) is 37.3 Å². The molecule has 0 radical (unpaired) electrons. The van der Waals surface area contributed by atoms with E-state index in [9.17, 15) is 9.18 Å². The van der Waals surface area contributed by atoms with E-state index in [4.69, 9.17) is 0 Å². The topological polar surface area (TPSA) is 20.3 Å². The molecule has 0 bridgehead atoms. The van der Waals surface area contributed by atoms with E-state index < -0.39 is 0 Å². The van der Waals surface area contributed by atoms with E-state index in [0.29, 0.717) is 4.47 Å². The summed E-state index contributed by atoms with van der Waals surface area (Å²) in [5.74, 6) is -0.318. The molecule has 1 unspecified atom stereocenters. The maximum Gasteiger partial charge on any atom is 0.227 e. The third-order valence-corrected chi connectivity index (χ3v) is 4.20. The normalized spacial score (nSPS) is 12.0. The predicted molar refractivity (Wildman–Crippen MR) is 85.4 cm³/mol. The van der Waals surface area contributed by atoms with Gasteiger partial charge in [-0.1, -0.05) is 36.4 Å². The molecule has 2 aromatic carbocycles. The minimum Gasteiger partial charge on any atom is -0.339 e. The van der Waals surface area contributed by atoms with E-state index in [2.05, 4.69) is 15.9 Å². The Kier molecular flexibility index (Phi) is 5.12. The first-order chi connectivity index (χ1) is 9.99. The van der Waals surface area contributed by atoms with Crippen molar-refractivity contribution in [2.24, 2.45) is 0 Å². The van der Waals surface area contributed by atoms with Crippen molar-refractivity contribution in [2.75, 3.05) is 7.05 Å². The van der Waals surface area contributed by atoms with E-state index in [1.165, 1.54) is 6.07 Å². The average Bonchev–Trinajstić information content (AvgIpc) is 2.50. The van der Waals surface area contributed by atoms with Crippen LogP contribution in [0.3, 0.4) is 0 Å². The van der Waals surface area contributed by atoms with Crippen molar-refractivity contribution in [2.45, 2.75) is 19.4 Å². The van der Waals surface area contributed by atoms with Crippen LogP contribution in [0.2, 0.25) is 0 Å². The fourth-order valence-electron chi connectivity index (χ4n) is 2.12. The highest BCUT2D eigenvalue weighted by molar-refractivity contribution is 9.10. The van der Waals surface area contributed by atoms with Gasteiger partial charge in [-0.3, -0.25) is 4.79 Å². The summed E-state index contributed by atoms with van der Waals surface area (Å²) in [5.41, 5.74) is 1.88. The van der Waals surface area contributed by atoms with Gasteiger partial charge in [-0.2, -0.15) is 0 Å². The smallest absolute Gasteiger partial charge is 0.227 e. The zero-order valence-electron chi connectivity index (χ0n) is 12.0. The Hall–Kier alpha value is -1.68. The van der Waals surface area contributed by atoms with Crippen molar-refractivity contribution in [3.8, 4) is 0 Å². The summed E-state index contributed by atoms with van der Waals surface area (Å²) < 4.78 is 13.6. The molecular formula is C17H17BrFNO. The van der Waals surface area contributed by atoms with Gasteiger partial charge in [0.1, 0.15) is 5.82 Å². The number of benzene rings is 2. The van der Waals surface area contributed by atoms with Crippen LogP contribution in [-0.4, -0.2) is 17.9 Å². The van der Waals surface area contributed by atoms with Crippen LogP contribution >= 0.6 is 15.9 Å². The Balaban J connectivity index is 2.07. The number of rotatable bonds is 4. The van der Waals surface area contributed by atoms with Gasteiger partial charge in [0.25, 0.3) is 0 Å². The second-order valence-electron chi connectivity index (χ2n) is 5.02. The first-order valence-electron chi connectivity index (χ1n) is 6.73. The number of nitrogens with zero attached hydrogens (tertiary/aromatic N) is 1. The Morgan fingerprint density at radius 1 is 1.24 bits per heavy atom. The van der Waals surface area contributed by atoms with Crippen LogP contribution < -0.4 is 0 Å². The molecule has 4 heteroatoms. The lowest BCUT2D eigenvalue weighted by Gasteiger charge is -2.25. The van der Waals surface area contributed by atoms with Crippen molar-refractivity contribution in [1.29, 1.82) is 0 Å². The first-order valence-corrected chi connectivity index (χ1v) is 7.53. The number of carbonyl (C=O) groups is 1. The van der Waals surface area contributed by atoms with Crippen LogP contribution in [-0.2, 0) is 11.2 Å². The molecule has 0 aromatic heterocycles. The summed E-state index contributed by atoms with van der Waals surface area (Å²) in [6.07, 6.45) is 0.257. The summed E-state index contributed by atoms with van der Waals surface area (Å²) in [4.78, 5) is 14.1. The number of amides is 1. The molecule has 1 atom stereocenters. The number of hydrogen-bond acceptors (Lipinski definition) is 1. The van der Waals surface area contributed by atoms with Gasteiger partial charge < -0.3 is 4.90 Å². The molecule has 0 saturated carbocycles. The Morgan fingerprint density at radius 2 is 1.90 bits per heavy atom. The molecule has 0 aliphatic heterocycles. The third kappa shape index (κ3) is 3.91. The summed E-state index contributed by atoms with van der Waals surface area (Å²) >= 11 is 3.14. The average molecular weight is 350 g/mol. The quantitative estimate of drug-likeness (QED) is 0.803. The lowest BCUT2D eigenvalue weighted by Crippen LogP contribution is -2.30. The maximum atomic E-state index is 13.2. The summed E-state index contributed by atoms with van der Waals surface area (Å²) in [7, 11) is 1.79. The van der Waals surface area contributed by atoms with Crippen molar-refractivity contribution in [3.63, 3.8) is 0 Å². The van der Waals surface area contributed by atoms with Gasteiger partial charge >= 0.3 is 0 Å². The van der Waals surface area contributed by atoms with Crippen molar-refractivity contribution >= 4 is 21.8 Å². The molecule has 1 amide bonds. The summed E-state index contributed by atoms with van der Waals surface area (Å²) in [6.45, 7) is 1.99. The molecule has 0 saturated heterocycles. The second kappa shape index (κ2) is 6.85. The van der Waals surface area contributed by atoms with E-state index in [1.54, 1.807) is 24.1 Å². The fourth-order valence-corrected chi connectivity index (χ4v) is 2.55. The highest BCUT2D eigenvalue weighted by Gasteiger charge is 2.17. The second-order valence-corrected chi connectivity index (χ2v) is 5.87. The van der Waals surface area contributed by atoms with Crippen LogP contribution in [0, 0.1) is 5.82 Å². The van der Waals surface area contributed by atoms with Crippen LogP contribution in [0.1, 0.15) is 24.1 Å². The Morgan fingerprint density at radius 3 is 2.52 bits per heavy atom. The fraction of sp³-hybridized carbons (Fsp3) is 0.235. The zero-order chi connectivity index (χ0) is 15.4. The summed E-state index contributed by atoms with van der Waals surface area (Å²) in [6, 6.07) is 14.5. The Bertz CT molecular complexity index is 630. The van der Waals surface area contributed by atoms with E-state index >= 15 is 0 Å². The third-order valence-electron chi connectivity index (χ3n) is 3.60. The highest BCUT2D eigenvalue weighted by atomic mass is 79.9. The number of hydrogen-bond donors (Lipinski definition) is 0. The van der Waals surface area contributed by atoms with Gasteiger partial charge in [0, 0.05) is 7.05 Å². The Labute approximate surface area is 132 Å². The molecule has 0 N–H and O–H groups in total. The number of carbonyl (C=O) groups excluding carboxylic acids is 1. The molecule has 2 nitrogen and oxygen atoms in total. The molecule has 0 aliphatic rings. The largest absolute Gasteiger partial charge is 0.339 e. The van der Waals surface area contributed by atoms with Gasteiger partial charge in [0.15, 0.2) is 0 Å². The number of likely N-dealkylation sites (N-methyl/N-ethyl adjacent to an activating group) is 1. The van der Waals surface area contributed by atoms with Crippen molar-refractivity contribution in [1.82, 2.24) is 4.90 Å². The lowest BCUT2D eigenvalue weighted by molar-refractivity contribution is -0.131. The van der Waals surface area contributed by atoms with Gasteiger partial charge in [-0.25, -0.2) is 4.39 Å². The maximum absolute atomic E-state index is 13.2. The number of halogens is 2. The van der Waals surface area contributed by atoms with Gasteiger partial charge in [0.2, 0.25) is 5.91 Å². The lowest BCUT2D eigenvalue weighted by atomic mass is 10.1. The molecular weight excluding hydrogens is 333 g/mol. The molecule has 0 aliphatic carbocycles. The van der Waals surface area contributed by atoms with E-state index in [0.717, 1.165) is 11.1 Å². The van der Waals surface area contributed by atoms with Gasteiger partial charge in [0.05, 0.1) is 16.9 Å². The molecule has 0 spiro atoms. The molecule has 0 heterocycles. The highest BCUT2D eigenvalue weighted by Crippen LogP contribution is 2.21. The predicted octanol–water partition coefficient (Wildman–Crippen LogP) is 4.35. The van der Waals surface area contributed by atoms with Crippen LogP contribution in [0.4, 0.5) is 4.39 Å². The molecule has 0 fully saturated rings. The van der Waals surface area contributed by atoms with Crippen molar-refractivity contribution in [3.05, 3.63) is 69.9 Å². The molecule has 21 heavy (non-hydrogen) atoms. The SMILES string of the molecule is CC(c1ccccc1)N(C)C(=O)Cc1ccc(F)c(Br)c1. The molecule has 2 rings (SSSR count). The van der Waals surface area contributed by atoms with Crippen LogP contribution in [0.5, 0.6) is 0 Å².